The molecule has 0 atom stereocenters. The fraction of sp³-hybridized carbons (Fsp3) is 0.571. The van der Waals surface area contributed by atoms with Crippen LogP contribution in [-0.4, -0.2) is 11.1 Å². The van der Waals surface area contributed by atoms with Crippen molar-refractivity contribution in [3.05, 3.63) is 10.6 Å². The number of halogens is 1. The topological polar surface area (TPSA) is 37.3 Å². The van der Waals surface area contributed by atoms with Gasteiger partial charge in [0.25, 0.3) is 0 Å². The highest BCUT2D eigenvalue weighted by molar-refractivity contribution is 9.11. The van der Waals surface area contributed by atoms with Gasteiger partial charge in [-0.05, 0) is 10.4 Å². The molecule has 0 aliphatic rings. The first-order valence-electron chi connectivity index (χ1n) is 2.93. The number of hydrogen-bond donors (Lipinski definition) is 1. The molecule has 0 aliphatic heterocycles. The predicted octanol–water partition coefficient (Wildman–Crippen LogP) is 2.40. The molecule has 0 aromatic rings. The average molecular weight is 207 g/mol. The number of carbonyl (C=O) groups is 1. The lowest BCUT2D eigenvalue weighted by Gasteiger charge is -2.17. The zero-order valence-corrected chi connectivity index (χ0v) is 7.90. The molecule has 0 rings (SSSR count). The highest BCUT2D eigenvalue weighted by atomic mass is 79.9. The van der Waals surface area contributed by atoms with E-state index in [1.54, 1.807) is 0 Å². The van der Waals surface area contributed by atoms with E-state index in [4.69, 9.17) is 5.11 Å². The van der Waals surface area contributed by atoms with Gasteiger partial charge in [0.1, 0.15) is 0 Å². The van der Waals surface area contributed by atoms with Crippen LogP contribution in [0.5, 0.6) is 0 Å². The fourth-order valence-corrected chi connectivity index (χ4v) is 1.41. The lowest BCUT2D eigenvalue weighted by atomic mass is 9.88. The fourth-order valence-electron chi connectivity index (χ4n) is 0.531. The summed E-state index contributed by atoms with van der Waals surface area (Å²) in [6, 6.07) is 0. The number of rotatable bonds is 1. The van der Waals surface area contributed by atoms with E-state index in [-0.39, 0.29) is 5.41 Å². The Balaban J connectivity index is 4.56. The van der Waals surface area contributed by atoms with Crippen molar-refractivity contribution in [3.8, 4) is 0 Å². The lowest BCUT2D eigenvalue weighted by molar-refractivity contribution is -0.133. The van der Waals surface area contributed by atoms with E-state index in [0.29, 0.717) is 5.57 Å². The lowest BCUT2D eigenvalue weighted by Crippen LogP contribution is -2.16. The summed E-state index contributed by atoms with van der Waals surface area (Å²) in [6.45, 7) is 5.57. The van der Waals surface area contributed by atoms with Crippen LogP contribution in [0, 0.1) is 5.41 Å². The summed E-state index contributed by atoms with van der Waals surface area (Å²) in [5.74, 6) is -0.871. The number of carboxylic acids is 1. The van der Waals surface area contributed by atoms with Crippen molar-refractivity contribution in [2.45, 2.75) is 20.8 Å². The smallest absolute Gasteiger partial charge is 0.332 e. The number of hydrogen-bond acceptors (Lipinski definition) is 1. The molecule has 0 amide bonds. The zero-order chi connectivity index (χ0) is 8.36. The van der Waals surface area contributed by atoms with Gasteiger partial charge >= 0.3 is 5.97 Å². The van der Waals surface area contributed by atoms with E-state index in [0.717, 1.165) is 0 Å². The van der Waals surface area contributed by atoms with Gasteiger partial charge in [0, 0.05) is 5.57 Å². The Hall–Kier alpha value is -0.310. The minimum atomic E-state index is -0.871. The molecule has 2 nitrogen and oxygen atoms in total. The highest BCUT2D eigenvalue weighted by Gasteiger charge is 2.22. The first-order valence-corrected chi connectivity index (χ1v) is 3.85. The summed E-state index contributed by atoms with van der Waals surface area (Å²) in [5.41, 5.74) is 0.0856. The van der Waals surface area contributed by atoms with Crippen LogP contribution in [0.1, 0.15) is 20.8 Å². The third-order valence-corrected chi connectivity index (χ3v) is 1.61. The molecule has 0 fully saturated rings. The minimum absolute atomic E-state index is 0.296. The van der Waals surface area contributed by atoms with E-state index in [1.165, 1.54) is 4.99 Å². The maximum Gasteiger partial charge on any atom is 0.332 e. The third kappa shape index (κ3) is 2.52. The second kappa shape index (κ2) is 3.19. The average Bonchev–Trinajstić information content (AvgIpc) is 1.60. The van der Waals surface area contributed by atoms with Gasteiger partial charge in [-0.1, -0.05) is 36.7 Å². The van der Waals surface area contributed by atoms with Crippen molar-refractivity contribution < 1.29 is 9.90 Å². The Bertz CT molecular complexity index is 165. The van der Waals surface area contributed by atoms with Crippen molar-refractivity contribution in [2.75, 3.05) is 0 Å². The van der Waals surface area contributed by atoms with Crippen LogP contribution in [0.15, 0.2) is 10.6 Å². The molecule has 0 saturated heterocycles. The first kappa shape index (κ1) is 9.69. The molecule has 3 heteroatoms. The highest BCUT2D eigenvalue weighted by Crippen LogP contribution is 2.25. The normalized spacial score (nSPS) is 13.4. The third-order valence-electron chi connectivity index (χ3n) is 1.15. The molecule has 0 aliphatic carbocycles. The summed E-state index contributed by atoms with van der Waals surface area (Å²) < 4.78 is 0. The molecule has 0 spiro atoms. The molecule has 0 heterocycles. The molecule has 0 unspecified atom stereocenters. The summed E-state index contributed by atoms with van der Waals surface area (Å²) in [7, 11) is 0. The van der Waals surface area contributed by atoms with Gasteiger partial charge in [0.05, 0.1) is 0 Å². The van der Waals surface area contributed by atoms with Crippen LogP contribution in [-0.2, 0) is 4.79 Å². The summed E-state index contributed by atoms with van der Waals surface area (Å²) in [6.07, 6.45) is 0. The number of aliphatic carboxylic acids is 1. The Kier molecular flexibility index (Phi) is 3.09. The quantitative estimate of drug-likeness (QED) is 0.670. The predicted molar refractivity (Wildman–Crippen MR) is 44.1 cm³/mol. The van der Waals surface area contributed by atoms with Gasteiger partial charge in [-0.25, -0.2) is 4.79 Å². The Morgan fingerprint density at radius 1 is 1.50 bits per heavy atom. The van der Waals surface area contributed by atoms with Crippen LogP contribution in [0.25, 0.3) is 0 Å². The SMILES string of the molecule is CC(C)(C)/C(=C\Br)C(=O)O. The van der Waals surface area contributed by atoms with E-state index in [1.807, 2.05) is 20.8 Å². The first-order chi connectivity index (χ1) is 4.39. The van der Waals surface area contributed by atoms with Gasteiger partial charge in [-0.15, -0.1) is 0 Å². The molecule has 0 radical (unpaired) electrons. The van der Waals surface area contributed by atoms with Gasteiger partial charge in [-0.3, -0.25) is 0 Å². The Morgan fingerprint density at radius 2 is 1.90 bits per heavy atom. The molecule has 0 aromatic carbocycles. The van der Waals surface area contributed by atoms with E-state index >= 15 is 0 Å². The van der Waals surface area contributed by atoms with Crippen LogP contribution < -0.4 is 0 Å². The monoisotopic (exact) mass is 206 g/mol. The molecule has 1 N–H and O–H groups in total. The van der Waals surface area contributed by atoms with Crippen LogP contribution in [0.4, 0.5) is 0 Å². The molecular formula is C7H11BrO2. The Labute approximate surface area is 69.1 Å². The zero-order valence-electron chi connectivity index (χ0n) is 6.31. The van der Waals surface area contributed by atoms with Gasteiger partial charge < -0.3 is 5.11 Å². The van der Waals surface area contributed by atoms with Gasteiger partial charge in [0.15, 0.2) is 0 Å². The van der Waals surface area contributed by atoms with Crippen LogP contribution in [0.2, 0.25) is 0 Å². The molecule has 58 valence electrons. The van der Waals surface area contributed by atoms with Gasteiger partial charge in [-0.2, -0.15) is 0 Å². The van der Waals surface area contributed by atoms with E-state index in [9.17, 15) is 4.79 Å². The van der Waals surface area contributed by atoms with Crippen molar-refractivity contribution in [1.29, 1.82) is 0 Å². The molecule has 10 heavy (non-hydrogen) atoms. The summed E-state index contributed by atoms with van der Waals surface area (Å²) in [4.78, 5) is 11.9. The summed E-state index contributed by atoms with van der Waals surface area (Å²) >= 11 is 3.01. The van der Waals surface area contributed by atoms with Crippen molar-refractivity contribution in [2.24, 2.45) is 5.41 Å². The molecular weight excluding hydrogens is 196 g/mol. The van der Waals surface area contributed by atoms with Crippen LogP contribution in [0.3, 0.4) is 0 Å². The maximum atomic E-state index is 10.5. The largest absolute Gasteiger partial charge is 0.478 e. The van der Waals surface area contributed by atoms with Gasteiger partial charge in [0.2, 0.25) is 0 Å². The van der Waals surface area contributed by atoms with Crippen molar-refractivity contribution in [1.82, 2.24) is 0 Å². The second-order valence-corrected chi connectivity index (χ2v) is 3.54. The second-order valence-electron chi connectivity index (χ2n) is 3.08. The minimum Gasteiger partial charge on any atom is -0.478 e. The Morgan fingerprint density at radius 3 is 1.90 bits per heavy atom. The number of carboxylic acid groups (broad SMARTS) is 1. The standard InChI is InChI=1S/C7H11BrO2/c1-7(2,3)5(4-8)6(9)10/h4H,1-3H3,(H,9,10)/b5-4-. The maximum absolute atomic E-state index is 10.5. The van der Waals surface area contributed by atoms with Crippen LogP contribution >= 0.6 is 15.9 Å². The van der Waals surface area contributed by atoms with E-state index < -0.39 is 5.97 Å². The van der Waals surface area contributed by atoms with Crippen molar-refractivity contribution >= 4 is 21.9 Å². The van der Waals surface area contributed by atoms with E-state index in [2.05, 4.69) is 15.9 Å². The molecule has 0 aromatic heterocycles. The summed E-state index contributed by atoms with van der Waals surface area (Å²) in [5, 5.41) is 8.61. The molecule has 0 bridgehead atoms. The van der Waals surface area contributed by atoms with Crippen molar-refractivity contribution in [3.63, 3.8) is 0 Å². The molecule has 0 saturated carbocycles.